The lowest BCUT2D eigenvalue weighted by Gasteiger charge is -2.10. The summed E-state index contributed by atoms with van der Waals surface area (Å²) in [5.41, 5.74) is 1.17. The molecule has 0 radical (unpaired) electrons. The Morgan fingerprint density at radius 2 is 2.20 bits per heavy atom. The largest absolute Gasteiger partial charge is 0.480 e. The molecular formula is C15H19N3OS. The van der Waals surface area contributed by atoms with E-state index in [4.69, 9.17) is 4.74 Å². The van der Waals surface area contributed by atoms with Crippen molar-refractivity contribution in [3.05, 3.63) is 17.3 Å². The molecule has 2 heterocycles. The number of thiazole rings is 1. The molecule has 20 heavy (non-hydrogen) atoms. The quantitative estimate of drug-likeness (QED) is 0.940. The molecule has 0 aromatic carbocycles. The number of nitrogens with one attached hydrogen (secondary N) is 1. The summed E-state index contributed by atoms with van der Waals surface area (Å²) in [6, 6.07) is 0.759. The molecule has 4 unspecified atom stereocenters. The van der Waals surface area contributed by atoms with Crippen LogP contribution in [0.1, 0.15) is 25.0 Å². The molecular weight excluding hydrogens is 270 g/mol. The lowest BCUT2D eigenvalue weighted by molar-refractivity contribution is 0.390. The van der Waals surface area contributed by atoms with Gasteiger partial charge in [0.15, 0.2) is 4.96 Å². The molecule has 106 valence electrons. The van der Waals surface area contributed by atoms with E-state index in [1.165, 1.54) is 25.0 Å². The number of aromatic nitrogens is 2. The van der Waals surface area contributed by atoms with E-state index in [1.807, 2.05) is 0 Å². The van der Waals surface area contributed by atoms with Crippen molar-refractivity contribution in [1.82, 2.24) is 14.7 Å². The highest BCUT2D eigenvalue weighted by molar-refractivity contribution is 7.15. The van der Waals surface area contributed by atoms with Gasteiger partial charge in [-0.2, -0.15) is 4.98 Å². The Bertz CT molecular complexity index is 647. The topological polar surface area (TPSA) is 38.6 Å². The van der Waals surface area contributed by atoms with Crippen LogP contribution in [0.15, 0.2) is 11.6 Å². The molecule has 3 saturated carbocycles. The van der Waals surface area contributed by atoms with Crippen molar-refractivity contribution < 1.29 is 4.74 Å². The first-order valence-corrected chi connectivity index (χ1v) is 8.46. The van der Waals surface area contributed by atoms with E-state index in [1.54, 1.807) is 18.4 Å². The van der Waals surface area contributed by atoms with Gasteiger partial charge in [-0.15, -0.1) is 11.3 Å². The van der Waals surface area contributed by atoms with E-state index < -0.39 is 0 Å². The smallest absolute Gasteiger partial charge is 0.237 e. The third-order valence-corrected chi connectivity index (χ3v) is 6.51. The molecule has 4 nitrogen and oxygen atoms in total. The highest BCUT2D eigenvalue weighted by Crippen LogP contribution is 2.65. The molecule has 4 atom stereocenters. The Hall–Kier alpha value is -1.07. The van der Waals surface area contributed by atoms with Crippen LogP contribution in [0.25, 0.3) is 4.96 Å². The van der Waals surface area contributed by atoms with Gasteiger partial charge in [-0.1, -0.05) is 0 Å². The monoisotopic (exact) mass is 289 g/mol. The zero-order chi connectivity index (χ0) is 13.3. The van der Waals surface area contributed by atoms with Gasteiger partial charge in [-0.3, -0.25) is 4.40 Å². The van der Waals surface area contributed by atoms with Crippen LogP contribution in [0, 0.1) is 23.7 Å². The second-order valence-corrected chi connectivity index (χ2v) is 7.39. The van der Waals surface area contributed by atoms with Crippen LogP contribution < -0.4 is 10.1 Å². The molecule has 1 N–H and O–H groups in total. The maximum Gasteiger partial charge on any atom is 0.237 e. The van der Waals surface area contributed by atoms with Crippen LogP contribution in [0.2, 0.25) is 0 Å². The first-order chi connectivity index (χ1) is 9.86. The molecule has 0 saturated heterocycles. The fourth-order valence-electron chi connectivity index (χ4n) is 4.95. The average molecular weight is 289 g/mol. The van der Waals surface area contributed by atoms with E-state index in [2.05, 4.69) is 26.3 Å². The molecule has 0 amide bonds. The summed E-state index contributed by atoms with van der Waals surface area (Å²) in [6.07, 6.45) is 6.56. The van der Waals surface area contributed by atoms with Crippen molar-refractivity contribution in [3.8, 4) is 5.88 Å². The number of methoxy groups -OCH3 is 1. The van der Waals surface area contributed by atoms with Gasteiger partial charge in [0, 0.05) is 24.2 Å². The van der Waals surface area contributed by atoms with Gasteiger partial charge in [-0.25, -0.2) is 0 Å². The summed E-state index contributed by atoms with van der Waals surface area (Å²) < 4.78 is 7.58. The summed E-state index contributed by atoms with van der Waals surface area (Å²) in [4.78, 5) is 5.55. The molecule has 3 aliphatic rings. The van der Waals surface area contributed by atoms with Crippen LogP contribution in [0.3, 0.4) is 0 Å². The molecule has 5 heteroatoms. The maximum absolute atomic E-state index is 5.42. The number of ether oxygens (including phenoxy) is 1. The number of nitrogens with zero attached hydrogens (tertiary/aromatic N) is 2. The number of hydrogen-bond acceptors (Lipinski definition) is 4. The molecule has 3 fully saturated rings. The highest BCUT2D eigenvalue weighted by atomic mass is 32.1. The number of fused-ring (bicyclic) bond motifs is 6. The molecule has 0 spiro atoms. The number of imidazole rings is 1. The van der Waals surface area contributed by atoms with E-state index >= 15 is 0 Å². The summed E-state index contributed by atoms with van der Waals surface area (Å²) >= 11 is 1.66. The maximum atomic E-state index is 5.42. The van der Waals surface area contributed by atoms with Gasteiger partial charge in [0.05, 0.1) is 7.11 Å². The van der Waals surface area contributed by atoms with Crippen molar-refractivity contribution in [2.45, 2.75) is 31.8 Å². The van der Waals surface area contributed by atoms with Gasteiger partial charge in [0.1, 0.15) is 5.69 Å². The first kappa shape index (κ1) is 11.6. The standard InChI is InChI=1S/C15H19N3OS/c1-19-14-10(18-4-5-20-15(18)17-14)7-16-13-11-8-2-3-9(6-8)12(11)13/h4-5,8-9,11-13,16H,2-3,6-7H2,1H3. The Morgan fingerprint density at radius 3 is 2.95 bits per heavy atom. The SMILES string of the molecule is COc1nc2sccn2c1CNC1C2C3CCC(C3)C12. The van der Waals surface area contributed by atoms with E-state index in [9.17, 15) is 0 Å². The third kappa shape index (κ3) is 1.42. The zero-order valence-corrected chi connectivity index (χ0v) is 12.4. The van der Waals surface area contributed by atoms with Crippen LogP contribution in [-0.2, 0) is 6.54 Å². The predicted octanol–water partition coefficient (Wildman–Crippen LogP) is 2.54. The second-order valence-electron chi connectivity index (χ2n) is 6.52. The van der Waals surface area contributed by atoms with E-state index in [-0.39, 0.29) is 0 Å². The van der Waals surface area contributed by atoms with E-state index in [0.717, 1.165) is 47.1 Å². The van der Waals surface area contributed by atoms with Crippen molar-refractivity contribution in [2.75, 3.05) is 7.11 Å². The fraction of sp³-hybridized carbons (Fsp3) is 0.667. The molecule has 3 aliphatic carbocycles. The molecule has 2 aromatic rings. The van der Waals surface area contributed by atoms with Gasteiger partial charge >= 0.3 is 0 Å². The van der Waals surface area contributed by atoms with Crippen LogP contribution in [0.4, 0.5) is 0 Å². The lowest BCUT2D eigenvalue weighted by atomic mass is 10.0. The summed E-state index contributed by atoms with van der Waals surface area (Å²) in [6.45, 7) is 0.873. The zero-order valence-electron chi connectivity index (χ0n) is 11.6. The highest BCUT2D eigenvalue weighted by Gasteiger charge is 2.64. The molecule has 0 aliphatic heterocycles. The normalized spacial score (nSPS) is 37.5. The van der Waals surface area contributed by atoms with Gasteiger partial charge in [0.2, 0.25) is 5.88 Å². The van der Waals surface area contributed by atoms with Gasteiger partial charge < -0.3 is 10.1 Å². The summed E-state index contributed by atoms with van der Waals surface area (Å²) in [7, 11) is 1.71. The second kappa shape index (κ2) is 3.98. The van der Waals surface area contributed by atoms with Gasteiger partial charge in [0.25, 0.3) is 0 Å². The summed E-state index contributed by atoms with van der Waals surface area (Å²) in [5.74, 6) is 4.78. The number of hydrogen-bond donors (Lipinski definition) is 1. The van der Waals surface area contributed by atoms with E-state index in [0.29, 0.717) is 0 Å². The molecule has 5 rings (SSSR count). The molecule has 2 bridgehead atoms. The predicted molar refractivity (Wildman–Crippen MR) is 78.1 cm³/mol. The van der Waals surface area contributed by atoms with Gasteiger partial charge in [-0.05, 0) is 42.9 Å². The van der Waals surface area contributed by atoms with Crippen LogP contribution >= 0.6 is 11.3 Å². The van der Waals surface area contributed by atoms with Crippen molar-refractivity contribution >= 4 is 16.3 Å². The Kier molecular flexibility index (Phi) is 2.30. The Labute approximate surface area is 122 Å². The fourth-order valence-corrected chi connectivity index (χ4v) is 5.67. The van der Waals surface area contributed by atoms with Crippen LogP contribution in [-0.4, -0.2) is 22.5 Å². The Balaban J connectivity index is 1.35. The van der Waals surface area contributed by atoms with Crippen molar-refractivity contribution in [1.29, 1.82) is 0 Å². The Morgan fingerprint density at radius 1 is 1.40 bits per heavy atom. The minimum atomic E-state index is 0.759. The minimum Gasteiger partial charge on any atom is -0.480 e. The van der Waals surface area contributed by atoms with Crippen LogP contribution in [0.5, 0.6) is 5.88 Å². The van der Waals surface area contributed by atoms with Crippen molar-refractivity contribution in [2.24, 2.45) is 23.7 Å². The summed E-state index contributed by atoms with van der Waals surface area (Å²) in [5, 5.41) is 5.86. The number of rotatable bonds is 4. The first-order valence-electron chi connectivity index (χ1n) is 7.58. The molecule has 2 aromatic heterocycles. The lowest BCUT2D eigenvalue weighted by Crippen LogP contribution is -2.23. The average Bonchev–Trinajstić information content (AvgIpc) is 2.94. The van der Waals surface area contributed by atoms with Crippen molar-refractivity contribution in [3.63, 3.8) is 0 Å². The minimum absolute atomic E-state index is 0.759. The third-order valence-electron chi connectivity index (χ3n) is 5.76.